The van der Waals surface area contributed by atoms with Gasteiger partial charge in [0.15, 0.2) is 0 Å². The van der Waals surface area contributed by atoms with Crippen molar-refractivity contribution in [1.82, 2.24) is 4.31 Å². The van der Waals surface area contributed by atoms with E-state index >= 15 is 0 Å². The number of sulfonamides is 1. The number of hydrogen-bond donors (Lipinski definition) is 0. The SMILES string of the molecule is CC1C2CC3C1N(C(C)(C)C)S(=O)(=O)C3C2. The molecule has 0 radical (unpaired) electrons. The Balaban J connectivity index is 2.13. The van der Waals surface area contributed by atoms with Crippen LogP contribution in [0.4, 0.5) is 0 Å². The minimum atomic E-state index is -3.03. The van der Waals surface area contributed by atoms with Crippen molar-refractivity contribution >= 4 is 10.0 Å². The number of rotatable bonds is 0. The molecular formula is C12H21NO2S. The standard InChI is InChI=1S/C12H21NO2S/c1-7-8-5-9-10(6-8)16(14,15)13(11(7)9)12(2,3)4/h7-11H,5-6H2,1-4H3. The molecule has 0 N–H and O–H groups in total. The monoisotopic (exact) mass is 243 g/mol. The van der Waals surface area contributed by atoms with E-state index < -0.39 is 10.0 Å². The molecule has 1 saturated heterocycles. The summed E-state index contributed by atoms with van der Waals surface area (Å²) in [6.07, 6.45) is 2.06. The van der Waals surface area contributed by atoms with Gasteiger partial charge in [-0.15, -0.1) is 0 Å². The van der Waals surface area contributed by atoms with Crippen molar-refractivity contribution in [2.75, 3.05) is 0 Å². The number of nitrogens with zero attached hydrogens (tertiary/aromatic N) is 1. The molecule has 1 aliphatic heterocycles. The lowest BCUT2D eigenvalue weighted by atomic mass is 9.84. The van der Waals surface area contributed by atoms with Crippen molar-refractivity contribution in [3.63, 3.8) is 0 Å². The first-order valence-corrected chi connectivity index (χ1v) is 7.78. The quantitative estimate of drug-likeness (QED) is 0.651. The molecule has 2 aliphatic carbocycles. The van der Waals surface area contributed by atoms with Gasteiger partial charge in [0.1, 0.15) is 0 Å². The lowest BCUT2D eigenvalue weighted by Crippen LogP contribution is -2.49. The van der Waals surface area contributed by atoms with Gasteiger partial charge in [-0.25, -0.2) is 8.42 Å². The molecule has 0 amide bonds. The highest BCUT2D eigenvalue weighted by molar-refractivity contribution is 7.90. The Kier molecular flexibility index (Phi) is 1.95. The summed E-state index contributed by atoms with van der Waals surface area (Å²) in [5, 5.41) is -0.0575. The third kappa shape index (κ3) is 1.10. The molecule has 0 aromatic carbocycles. The van der Waals surface area contributed by atoms with E-state index in [9.17, 15) is 8.42 Å². The molecule has 0 spiro atoms. The van der Waals surface area contributed by atoms with Gasteiger partial charge in [-0.05, 0) is 51.4 Å². The fraction of sp³-hybridized carbons (Fsp3) is 1.00. The third-order valence-corrected chi connectivity index (χ3v) is 7.54. The molecule has 2 saturated carbocycles. The van der Waals surface area contributed by atoms with Crippen LogP contribution in [0.2, 0.25) is 0 Å². The van der Waals surface area contributed by atoms with E-state index in [2.05, 4.69) is 6.92 Å². The van der Waals surface area contributed by atoms with E-state index in [1.165, 1.54) is 0 Å². The van der Waals surface area contributed by atoms with Crippen molar-refractivity contribution in [3.8, 4) is 0 Å². The van der Waals surface area contributed by atoms with Gasteiger partial charge >= 0.3 is 0 Å². The molecule has 3 rings (SSSR count). The molecule has 0 aromatic heterocycles. The van der Waals surface area contributed by atoms with E-state index in [0.29, 0.717) is 17.8 Å². The van der Waals surface area contributed by atoms with Crippen LogP contribution in [-0.4, -0.2) is 29.6 Å². The smallest absolute Gasteiger partial charge is 0.212 e. The number of hydrogen-bond acceptors (Lipinski definition) is 2. The van der Waals surface area contributed by atoms with Crippen molar-refractivity contribution in [1.29, 1.82) is 0 Å². The molecule has 1 heterocycles. The zero-order valence-corrected chi connectivity index (χ0v) is 11.3. The van der Waals surface area contributed by atoms with Gasteiger partial charge in [0.05, 0.1) is 5.25 Å². The molecule has 92 valence electrons. The maximum absolute atomic E-state index is 12.5. The molecule has 2 bridgehead atoms. The normalized spacial score (nSPS) is 50.1. The zero-order chi connectivity index (χ0) is 11.9. The second-order valence-corrected chi connectivity index (χ2v) is 8.82. The topological polar surface area (TPSA) is 37.4 Å². The van der Waals surface area contributed by atoms with Crippen LogP contribution < -0.4 is 0 Å². The van der Waals surface area contributed by atoms with Gasteiger partial charge < -0.3 is 0 Å². The Hall–Kier alpha value is -0.0900. The van der Waals surface area contributed by atoms with Gasteiger partial charge in [0, 0.05) is 11.6 Å². The zero-order valence-electron chi connectivity index (χ0n) is 10.5. The lowest BCUT2D eigenvalue weighted by Gasteiger charge is -2.37. The van der Waals surface area contributed by atoms with E-state index in [4.69, 9.17) is 0 Å². The van der Waals surface area contributed by atoms with Crippen molar-refractivity contribution in [2.24, 2.45) is 17.8 Å². The summed E-state index contributed by atoms with van der Waals surface area (Å²) in [7, 11) is -3.03. The summed E-state index contributed by atoms with van der Waals surface area (Å²) in [5.41, 5.74) is -0.260. The maximum Gasteiger partial charge on any atom is 0.218 e. The molecule has 3 fully saturated rings. The molecule has 0 aromatic rings. The van der Waals surface area contributed by atoms with Crippen LogP contribution in [0, 0.1) is 17.8 Å². The summed E-state index contributed by atoms with van der Waals surface area (Å²) < 4.78 is 26.9. The first-order chi connectivity index (χ1) is 7.24. The van der Waals surface area contributed by atoms with Crippen LogP contribution in [-0.2, 0) is 10.0 Å². The predicted octanol–water partition coefficient (Wildman–Crippen LogP) is 1.84. The summed E-state index contributed by atoms with van der Waals surface area (Å²) in [4.78, 5) is 0. The van der Waals surface area contributed by atoms with Gasteiger partial charge in [-0.3, -0.25) is 0 Å². The molecule has 5 unspecified atom stereocenters. The number of fused-ring (bicyclic) bond motifs is 1. The first kappa shape index (κ1) is 11.0. The van der Waals surface area contributed by atoms with Gasteiger partial charge in [-0.1, -0.05) is 6.92 Å². The Morgan fingerprint density at radius 1 is 1.19 bits per heavy atom. The van der Waals surface area contributed by atoms with Gasteiger partial charge in [-0.2, -0.15) is 4.31 Å². The highest BCUT2D eigenvalue weighted by Crippen LogP contribution is 2.59. The summed E-state index contributed by atoms with van der Waals surface area (Å²) in [5.74, 6) is 1.63. The van der Waals surface area contributed by atoms with E-state index in [0.717, 1.165) is 12.8 Å². The summed E-state index contributed by atoms with van der Waals surface area (Å²) >= 11 is 0. The summed E-state index contributed by atoms with van der Waals surface area (Å²) in [6.45, 7) is 8.31. The Bertz CT molecular complexity index is 423. The molecule has 16 heavy (non-hydrogen) atoms. The van der Waals surface area contributed by atoms with E-state index in [-0.39, 0.29) is 16.8 Å². The first-order valence-electron chi connectivity index (χ1n) is 6.28. The average Bonchev–Trinajstić information content (AvgIpc) is 2.66. The van der Waals surface area contributed by atoms with Crippen LogP contribution in [0.3, 0.4) is 0 Å². The Morgan fingerprint density at radius 2 is 1.81 bits per heavy atom. The molecule has 3 nitrogen and oxygen atoms in total. The van der Waals surface area contributed by atoms with Crippen molar-refractivity contribution in [2.45, 2.75) is 57.4 Å². The summed E-state index contributed by atoms with van der Waals surface area (Å²) in [6, 6.07) is 0.286. The second kappa shape index (κ2) is 2.83. The Labute approximate surface area is 98.3 Å². The van der Waals surface area contributed by atoms with Crippen LogP contribution >= 0.6 is 0 Å². The van der Waals surface area contributed by atoms with Crippen molar-refractivity contribution in [3.05, 3.63) is 0 Å². The van der Waals surface area contributed by atoms with E-state index in [1.54, 1.807) is 0 Å². The van der Waals surface area contributed by atoms with Crippen LogP contribution in [0.5, 0.6) is 0 Å². The van der Waals surface area contributed by atoms with Crippen LogP contribution in [0.25, 0.3) is 0 Å². The molecule has 3 aliphatic rings. The highest BCUT2D eigenvalue weighted by atomic mass is 32.2. The molecular weight excluding hydrogens is 222 g/mol. The maximum atomic E-state index is 12.5. The predicted molar refractivity (Wildman–Crippen MR) is 63.5 cm³/mol. The average molecular weight is 243 g/mol. The van der Waals surface area contributed by atoms with Crippen LogP contribution in [0.15, 0.2) is 0 Å². The molecule has 4 heteroatoms. The highest BCUT2D eigenvalue weighted by Gasteiger charge is 2.66. The Morgan fingerprint density at radius 3 is 2.31 bits per heavy atom. The van der Waals surface area contributed by atoms with E-state index in [1.807, 2.05) is 25.1 Å². The largest absolute Gasteiger partial charge is 0.218 e. The third-order valence-electron chi connectivity index (χ3n) is 4.90. The lowest BCUT2D eigenvalue weighted by molar-refractivity contribution is 0.140. The minimum absolute atomic E-state index is 0.0575. The van der Waals surface area contributed by atoms with Crippen molar-refractivity contribution < 1.29 is 8.42 Å². The van der Waals surface area contributed by atoms with Gasteiger partial charge in [0.25, 0.3) is 0 Å². The van der Waals surface area contributed by atoms with Gasteiger partial charge in [0.2, 0.25) is 10.0 Å². The van der Waals surface area contributed by atoms with Crippen LogP contribution in [0.1, 0.15) is 40.5 Å². The molecule has 5 atom stereocenters. The fourth-order valence-corrected chi connectivity index (χ4v) is 7.35. The minimum Gasteiger partial charge on any atom is -0.212 e. The second-order valence-electron chi connectivity index (χ2n) is 6.80. The fourth-order valence-electron chi connectivity index (χ4n) is 4.40.